The molecule has 2 heterocycles. The molecule has 3 rings (SSSR count). The van der Waals surface area contributed by atoms with Crippen molar-refractivity contribution in [1.29, 1.82) is 0 Å². The number of nitrogens with zero attached hydrogens (tertiary/aromatic N) is 3. The number of hydrogen-bond donors (Lipinski definition) is 0. The highest BCUT2D eigenvalue weighted by Gasteiger charge is 2.12. The van der Waals surface area contributed by atoms with Crippen LogP contribution in [0.4, 0.5) is 0 Å². The van der Waals surface area contributed by atoms with E-state index in [1.165, 1.54) is 0 Å². The van der Waals surface area contributed by atoms with Crippen LogP contribution in [0.2, 0.25) is 0 Å². The summed E-state index contributed by atoms with van der Waals surface area (Å²) in [5.41, 5.74) is 3.82. The van der Waals surface area contributed by atoms with Crippen molar-refractivity contribution in [3.05, 3.63) is 53.9 Å². The van der Waals surface area contributed by atoms with Gasteiger partial charge in [-0.05, 0) is 13.0 Å². The average Bonchev–Trinajstić information content (AvgIpc) is 2.74. The van der Waals surface area contributed by atoms with Crippen LogP contribution in [0.3, 0.4) is 0 Å². The summed E-state index contributed by atoms with van der Waals surface area (Å²) in [4.78, 5) is 15.3. The summed E-state index contributed by atoms with van der Waals surface area (Å²) < 4.78 is 1.72. The molecule has 4 nitrogen and oxygen atoms in total. The third kappa shape index (κ3) is 1.50. The van der Waals surface area contributed by atoms with Gasteiger partial charge in [-0.1, -0.05) is 30.3 Å². The molecular weight excluding hydrogens is 226 g/mol. The molecule has 0 aliphatic carbocycles. The Kier molecular flexibility index (Phi) is 2.41. The Morgan fingerprint density at radius 2 is 1.94 bits per heavy atom. The van der Waals surface area contributed by atoms with E-state index in [4.69, 9.17) is 0 Å². The molecule has 0 N–H and O–H groups in total. The number of benzene rings is 1. The van der Waals surface area contributed by atoms with Gasteiger partial charge in [-0.25, -0.2) is 9.50 Å². The summed E-state index contributed by atoms with van der Waals surface area (Å²) in [6.45, 7) is 1.81. The molecule has 88 valence electrons. The van der Waals surface area contributed by atoms with Crippen LogP contribution in [-0.2, 0) is 0 Å². The lowest BCUT2D eigenvalue weighted by molar-refractivity contribution is 0.112. The van der Waals surface area contributed by atoms with Gasteiger partial charge in [0.2, 0.25) is 0 Å². The quantitative estimate of drug-likeness (QED) is 0.643. The Hall–Kier alpha value is -2.49. The molecule has 0 spiro atoms. The molecule has 0 aliphatic rings. The normalized spacial score (nSPS) is 10.7. The first-order chi connectivity index (χ1) is 8.81. The maximum absolute atomic E-state index is 11.1. The van der Waals surface area contributed by atoms with Crippen molar-refractivity contribution in [3.63, 3.8) is 0 Å². The van der Waals surface area contributed by atoms with Crippen molar-refractivity contribution in [3.8, 4) is 11.3 Å². The lowest BCUT2D eigenvalue weighted by Gasteiger charge is -2.03. The third-order valence-electron chi connectivity index (χ3n) is 2.93. The van der Waals surface area contributed by atoms with Gasteiger partial charge in [-0.15, -0.1) is 0 Å². The van der Waals surface area contributed by atoms with Gasteiger partial charge in [0.15, 0.2) is 11.9 Å². The molecule has 2 aromatic heterocycles. The number of fused-ring (bicyclic) bond motifs is 1. The van der Waals surface area contributed by atoms with Crippen molar-refractivity contribution in [2.24, 2.45) is 0 Å². The zero-order valence-electron chi connectivity index (χ0n) is 9.87. The molecule has 4 heteroatoms. The van der Waals surface area contributed by atoms with Gasteiger partial charge in [-0.3, -0.25) is 4.79 Å². The Bertz CT molecular complexity index is 716. The van der Waals surface area contributed by atoms with Crippen LogP contribution in [0.1, 0.15) is 16.1 Å². The van der Waals surface area contributed by atoms with Gasteiger partial charge >= 0.3 is 0 Å². The highest BCUT2D eigenvalue weighted by atomic mass is 16.1. The monoisotopic (exact) mass is 237 g/mol. The summed E-state index contributed by atoms with van der Waals surface area (Å²) in [6, 6.07) is 11.8. The first kappa shape index (κ1) is 10.7. The second-order valence-electron chi connectivity index (χ2n) is 4.05. The van der Waals surface area contributed by atoms with Crippen LogP contribution >= 0.6 is 0 Å². The Morgan fingerprint density at radius 3 is 2.67 bits per heavy atom. The molecule has 0 atom stereocenters. The van der Waals surface area contributed by atoms with Crippen LogP contribution in [0, 0.1) is 6.92 Å². The number of aryl methyl sites for hydroxylation is 1. The molecule has 3 aromatic rings. The highest BCUT2D eigenvalue weighted by molar-refractivity contribution is 5.86. The summed E-state index contributed by atoms with van der Waals surface area (Å²) in [5.74, 6) is 0. The summed E-state index contributed by atoms with van der Waals surface area (Å²) in [7, 11) is 0. The summed E-state index contributed by atoms with van der Waals surface area (Å²) in [6.07, 6.45) is 2.51. The number of carbonyl (C=O) groups excluding carboxylic acids is 1. The highest BCUT2D eigenvalue weighted by Crippen LogP contribution is 2.21. The van der Waals surface area contributed by atoms with Crippen molar-refractivity contribution >= 4 is 11.9 Å². The molecule has 0 radical (unpaired) electrons. The predicted octanol–water partition coefficient (Wildman–Crippen LogP) is 2.52. The van der Waals surface area contributed by atoms with Crippen LogP contribution in [0.15, 0.2) is 42.6 Å². The summed E-state index contributed by atoms with van der Waals surface area (Å²) >= 11 is 0. The molecule has 0 amide bonds. The van der Waals surface area contributed by atoms with Gasteiger partial charge in [-0.2, -0.15) is 5.10 Å². The van der Waals surface area contributed by atoms with E-state index in [0.29, 0.717) is 16.9 Å². The Morgan fingerprint density at radius 1 is 1.17 bits per heavy atom. The van der Waals surface area contributed by atoms with Gasteiger partial charge in [0.25, 0.3) is 0 Å². The van der Waals surface area contributed by atoms with Gasteiger partial charge in [0.05, 0.1) is 17.0 Å². The van der Waals surface area contributed by atoms with Crippen LogP contribution < -0.4 is 0 Å². The van der Waals surface area contributed by atoms with E-state index in [2.05, 4.69) is 10.1 Å². The predicted molar refractivity (Wildman–Crippen MR) is 68.5 cm³/mol. The minimum atomic E-state index is 0.549. The fourth-order valence-electron chi connectivity index (χ4n) is 2.03. The maximum Gasteiger partial charge on any atom is 0.166 e. The van der Waals surface area contributed by atoms with Gasteiger partial charge in [0.1, 0.15) is 0 Å². The van der Waals surface area contributed by atoms with Gasteiger partial charge < -0.3 is 0 Å². The van der Waals surface area contributed by atoms with E-state index in [1.54, 1.807) is 10.7 Å². The smallest absolute Gasteiger partial charge is 0.166 e. The minimum Gasteiger partial charge on any atom is -0.298 e. The lowest BCUT2D eigenvalue weighted by Crippen LogP contribution is -1.95. The second-order valence-corrected chi connectivity index (χ2v) is 4.05. The fourth-order valence-corrected chi connectivity index (χ4v) is 2.03. The van der Waals surface area contributed by atoms with Crippen molar-refractivity contribution in [2.45, 2.75) is 6.92 Å². The minimum absolute atomic E-state index is 0.549. The van der Waals surface area contributed by atoms with Crippen LogP contribution in [-0.4, -0.2) is 20.9 Å². The molecular formula is C14H11N3O. The SMILES string of the molecule is Cc1nn2c(-c3ccccc3)ccnc2c1C=O. The fraction of sp³-hybridized carbons (Fsp3) is 0.0714. The number of aromatic nitrogens is 3. The number of aldehydes is 1. The van der Waals surface area contributed by atoms with E-state index in [1.807, 2.05) is 43.3 Å². The third-order valence-corrected chi connectivity index (χ3v) is 2.93. The van der Waals surface area contributed by atoms with E-state index in [0.717, 1.165) is 17.5 Å². The Labute approximate surface area is 104 Å². The van der Waals surface area contributed by atoms with Crippen molar-refractivity contribution in [2.75, 3.05) is 0 Å². The molecule has 18 heavy (non-hydrogen) atoms. The number of rotatable bonds is 2. The van der Waals surface area contributed by atoms with Crippen LogP contribution in [0.5, 0.6) is 0 Å². The molecule has 0 saturated carbocycles. The zero-order valence-corrected chi connectivity index (χ0v) is 9.87. The largest absolute Gasteiger partial charge is 0.298 e. The molecule has 0 saturated heterocycles. The molecule has 0 aliphatic heterocycles. The maximum atomic E-state index is 11.1. The van der Waals surface area contributed by atoms with Crippen molar-refractivity contribution in [1.82, 2.24) is 14.6 Å². The summed E-state index contributed by atoms with van der Waals surface area (Å²) in [5, 5.41) is 4.38. The number of carbonyl (C=O) groups is 1. The van der Waals surface area contributed by atoms with E-state index in [9.17, 15) is 4.79 Å². The molecule has 0 unspecified atom stereocenters. The van der Waals surface area contributed by atoms with E-state index >= 15 is 0 Å². The standard InChI is InChI=1S/C14H11N3O/c1-10-12(9-18)14-15-8-7-13(17(14)16-10)11-5-3-2-4-6-11/h2-9H,1H3. The molecule has 1 aromatic carbocycles. The van der Waals surface area contributed by atoms with Gasteiger partial charge in [0, 0.05) is 11.8 Å². The van der Waals surface area contributed by atoms with E-state index < -0.39 is 0 Å². The first-order valence-electron chi connectivity index (χ1n) is 5.66. The van der Waals surface area contributed by atoms with Crippen molar-refractivity contribution < 1.29 is 4.79 Å². The van der Waals surface area contributed by atoms with Crippen LogP contribution in [0.25, 0.3) is 16.9 Å². The topological polar surface area (TPSA) is 47.3 Å². The lowest BCUT2D eigenvalue weighted by atomic mass is 10.1. The molecule has 0 fully saturated rings. The number of hydrogen-bond acceptors (Lipinski definition) is 3. The average molecular weight is 237 g/mol. The van der Waals surface area contributed by atoms with E-state index in [-0.39, 0.29) is 0 Å². The molecule has 0 bridgehead atoms. The zero-order chi connectivity index (χ0) is 12.5. The Balaban J connectivity index is 2.35. The first-order valence-corrected chi connectivity index (χ1v) is 5.66. The second kappa shape index (κ2) is 4.07.